The van der Waals surface area contributed by atoms with Crippen LogP contribution in [-0.2, 0) is 0 Å². The summed E-state index contributed by atoms with van der Waals surface area (Å²) in [5.41, 5.74) is 0.416. The summed E-state index contributed by atoms with van der Waals surface area (Å²) >= 11 is 0. The van der Waals surface area contributed by atoms with Gasteiger partial charge in [0.2, 0.25) is 0 Å². The number of carbonyl (C=O) groups is 1. The SMILES string of the molecule is CC(C)N(CCO)C(=O)c1ccccn1. The van der Waals surface area contributed by atoms with Crippen molar-refractivity contribution in [2.24, 2.45) is 0 Å². The number of rotatable bonds is 4. The molecule has 1 aromatic rings. The lowest BCUT2D eigenvalue weighted by molar-refractivity contribution is 0.0659. The van der Waals surface area contributed by atoms with Crippen LogP contribution in [-0.4, -0.2) is 40.1 Å². The molecule has 0 radical (unpaired) electrons. The Bertz CT molecular complexity index is 312. The van der Waals surface area contributed by atoms with Gasteiger partial charge in [0.15, 0.2) is 0 Å². The molecule has 15 heavy (non-hydrogen) atoms. The van der Waals surface area contributed by atoms with Crippen LogP contribution < -0.4 is 0 Å². The van der Waals surface area contributed by atoms with Crippen molar-refractivity contribution in [2.75, 3.05) is 13.2 Å². The van der Waals surface area contributed by atoms with E-state index in [0.29, 0.717) is 12.2 Å². The molecule has 0 bridgehead atoms. The minimum absolute atomic E-state index is 0.0310. The molecule has 1 rings (SSSR count). The predicted molar refractivity (Wildman–Crippen MR) is 57.5 cm³/mol. The molecule has 1 N–H and O–H groups in total. The lowest BCUT2D eigenvalue weighted by Gasteiger charge is -2.25. The topological polar surface area (TPSA) is 53.4 Å². The number of aliphatic hydroxyl groups excluding tert-OH is 1. The molecule has 0 fully saturated rings. The van der Waals surface area contributed by atoms with Crippen molar-refractivity contribution in [1.82, 2.24) is 9.88 Å². The van der Waals surface area contributed by atoms with Crippen LogP contribution >= 0.6 is 0 Å². The van der Waals surface area contributed by atoms with Gasteiger partial charge in [-0.2, -0.15) is 0 Å². The first-order valence-electron chi connectivity index (χ1n) is 4.99. The van der Waals surface area contributed by atoms with Crippen LogP contribution in [0.2, 0.25) is 0 Å². The Hall–Kier alpha value is -1.42. The Balaban J connectivity index is 2.81. The number of aliphatic hydroxyl groups is 1. The zero-order valence-electron chi connectivity index (χ0n) is 9.05. The number of pyridine rings is 1. The molecular weight excluding hydrogens is 192 g/mol. The van der Waals surface area contributed by atoms with E-state index in [-0.39, 0.29) is 18.6 Å². The second-order valence-corrected chi connectivity index (χ2v) is 3.53. The van der Waals surface area contributed by atoms with Crippen molar-refractivity contribution in [3.63, 3.8) is 0 Å². The van der Waals surface area contributed by atoms with E-state index in [1.165, 1.54) is 0 Å². The molecule has 0 aliphatic rings. The Labute approximate surface area is 89.6 Å². The van der Waals surface area contributed by atoms with Crippen LogP contribution in [0.4, 0.5) is 0 Å². The molecule has 1 heterocycles. The van der Waals surface area contributed by atoms with Gasteiger partial charge in [-0.05, 0) is 26.0 Å². The molecule has 0 aliphatic heterocycles. The average molecular weight is 208 g/mol. The minimum Gasteiger partial charge on any atom is -0.395 e. The fourth-order valence-electron chi connectivity index (χ4n) is 1.34. The molecule has 0 aliphatic carbocycles. The van der Waals surface area contributed by atoms with Crippen molar-refractivity contribution in [3.05, 3.63) is 30.1 Å². The van der Waals surface area contributed by atoms with Gasteiger partial charge in [-0.1, -0.05) is 6.07 Å². The summed E-state index contributed by atoms with van der Waals surface area (Å²) in [6, 6.07) is 5.28. The number of carbonyl (C=O) groups excluding carboxylic acids is 1. The summed E-state index contributed by atoms with van der Waals surface area (Å²) in [6.45, 7) is 4.14. The van der Waals surface area contributed by atoms with E-state index < -0.39 is 0 Å². The van der Waals surface area contributed by atoms with E-state index >= 15 is 0 Å². The second kappa shape index (κ2) is 5.46. The highest BCUT2D eigenvalue weighted by Gasteiger charge is 2.18. The highest BCUT2D eigenvalue weighted by molar-refractivity contribution is 5.92. The quantitative estimate of drug-likeness (QED) is 0.800. The van der Waals surface area contributed by atoms with Gasteiger partial charge in [0.25, 0.3) is 5.91 Å². The van der Waals surface area contributed by atoms with Gasteiger partial charge in [0.05, 0.1) is 6.61 Å². The van der Waals surface area contributed by atoms with Crippen molar-refractivity contribution < 1.29 is 9.90 Å². The van der Waals surface area contributed by atoms with E-state index in [1.807, 2.05) is 13.8 Å². The molecule has 4 nitrogen and oxygen atoms in total. The van der Waals surface area contributed by atoms with Crippen LogP contribution in [0.15, 0.2) is 24.4 Å². The third-order valence-electron chi connectivity index (χ3n) is 2.11. The van der Waals surface area contributed by atoms with Gasteiger partial charge < -0.3 is 10.0 Å². The van der Waals surface area contributed by atoms with Crippen molar-refractivity contribution in [2.45, 2.75) is 19.9 Å². The third-order valence-corrected chi connectivity index (χ3v) is 2.11. The predicted octanol–water partition coefficient (Wildman–Crippen LogP) is 0.925. The summed E-state index contributed by atoms with van der Waals surface area (Å²) < 4.78 is 0. The van der Waals surface area contributed by atoms with Crippen LogP contribution in [0.5, 0.6) is 0 Å². The van der Waals surface area contributed by atoms with Gasteiger partial charge >= 0.3 is 0 Å². The summed E-state index contributed by atoms with van der Waals surface area (Å²) in [7, 11) is 0. The Kier molecular flexibility index (Phi) is 4.24. The fourth-order valence-corrected chi connectivity index (χ4v) is 1.34. The lowest BCUT2D eigenvalue weighted by atomic mass is 10.2. The van der Waals surface area contributed by atoms with E-state index in [4.69, 9.17) is 5.11 Å². The van der Waals surface area contributed by atoms with Gasteiger partial charge in [0, 0.05) is 18.8 Å². The first-order valence-corrected chi connectivity index (χ1v) is 4.99. The maximum Gasteiger partial charge on any atom is 0.272 e. The van der Waals surface area contributed by atoms with E-state index in [2.05, 4.69) is 4.98 Å². The monoisotopic (exact) mass is 208 g/mol. The standard InChI is InChI=1S/C11H16N2O2/c1-9(2)13(7-8-14)11(15)10-5-3-4-6-12-10/h3-6,9,14H,7-8H2,1-2H3. The van der Waals surface area contributed by atoms with Gasteiger partial charge in [-0.25, -0.2) is 0 Å². The molecule has 82 valence electrons. The van der Waals surface area contributed by atoms with Gasteiger partial charge in [-0.3, -0.25) is 9.78 Å². The number of aromatic nitrogens is 1. The normalized spacial score (nSPS) is 10.4. The lowest BCUT2D eigenvalue weighted by Crippen LogP contribution is -2.39. The van der Waals surface area contributed by atoms with Crippen LogP contribution in [0, 0.1) is 0 Å². The summed E-state index contributed by atoms with van der Waals surface area (Å²) in [6.07, 6.45) is 1.59. The molecule has 0 unspecified atom stereocenters. The molecule has 0 spiro atoms. The van der Waals surface area contributed by atoms with Gasteiger partial charge in [0.1, 0.15) is 5.69 Å². The number of amides is 1. The zero-order valence-corrected chi connectivity index (χ0v) is 9.05. The van der Waals surface area contributed by atoms with E-state index in [9.17, 15) is 4.79 Å². The Morgan fingerprint density at radius 2 is 2.27 bits per heavy atom. The molecular formula is C11H16N2O2. The Morgan fingerprint density at radius 3 is 2.73 bits per heavy atom. The van der Waals surface area contributed by atoms with Gasteiger partial charge in [-0.15, -0.1) is 0 Å². The fraction of sp³-hybridized carbons (Fsp3) is 0.455. The zero-order chi connectivity index (χ0) is 11.3. The average Bonchev–Trinajstić information content (AvgIpc) is 2.26. The largest absolute Gasteiger partial charge is 0.395 e. The van der Waals surface area contributed by atoms with Crippen LogP contribution in [0.25, 0.3) is 0 Å². The first kappa shape index (κ1) is 11.7. The second-order valence-electron chi connectivity index (χ2n) is 3.53. The van der Waals surface area contributed by atoms with E-state index in [1.54, 1.807) is 29.3 Å². The first-order chi connectivity index (χ1) is 7.16. The maximum atomic E-state index is 11.9. The maximum absolute atomic E-state index is 11.9. The van der Waals surface area contributed by atoms with Crippen molar-refractivity contribution >= 4 is 5.91 Å². The molecule has 1 amide bonds. The highest BCUT2D eigenvalue weighted by atomic mass is 16.3. The van der Waals surface area contributed by atoms with E-state index in [0.717, 1.165) is 0 Å². The van der Waals surface area contributed by atoms with Crippen molar-refractivity contribution in [3.8, 4) is 0 Å². The summed E-state index contributed by atoms with van der Waals surface area (Å²) in [5.74, 6) is -0.139. The number of nitrogens with zero attached hydrogens (tertiary/aromatic N) is 2. The molecule has 1 aromatic heterocycles. The third kappa shape index (κ3) is 3.02. The molecule has 0 saturated carbocycles. The van der Waals surface area contributed by atoms with Crippen molar-refractivity contribution in [1.29, 1.82) is 0 Å². The molecule has 0 saturated heterocycles. The number of hydrogen-bond donors (Lipinski definition) is 1. The highest BCUT2D eigenvalue weighted by Crippen LogP contribution is 2.05. The summed E-state index contributed by atoms with van der Waals surface area (Å²) in [4.78, 5) is 17.5. The molecule has 0 atom stereocenters. The Morgan fingerprint density at radius 1 is 1.53 bits per heavy atom. The molecule has 4 heteroatoms. The summed E-state index contributed by atoms with van der Waals surface area (Å²) in [5, 5.41) is 8.87. The molecule has 0 aromatic carbocycles. The number of hydrogen-bond acceptors (Lipinski definition) is 3. The van der Waals surface area contributed by atoms with Crippen LogP contribution in [0.1, 0.15) is 24.3 Å². The smallest absolute Gasteiger partial charge is 0.272 e. The minimum atomic E-state index is -0.139. The van der Waals surface area contributed by atoms with Crippen LogP contribution in [0.3, 0.4) is 0 Å².